The Labute approximate surface area is 146 Å². The molecule has 7 nitrogen and oxygen atoms in total. The van der Waals surface area contributed by atoms with Crippen LogP contribution in [0.3, 0.4) is 0 Å². The number of aliphatic hydroxyl groups excluding tert-OH is 2. The fourth-order valence-corrected chi connectivity index (χ4v) is 3.08. The first-order valence-corrected chi connectivity index (χ1v) is 8.37. The van der Waals surface area contributed by atoms with Gasteiger partial charge in [0, 0.05) is 18.7 Å². The highest BCUT2D eigenvalue weighted by atomic mass is 16.5. The normalized spacial score (nSPS) is 15.4. The number of nitrogens with zero attached hydrogens (tertiary/aromatic N) is 3. The second-order valence-electron chi connectivity index (χ2n) is 6.14. The molecule has 0 bridgehead atoms. The number of ether oxygens (including phenoxy) is 1. The van der Waals surface area contributed by atoms with Gasteiger partial charge in [0.15, 0.2) is 0 Å². The SMILES string of the molecule is COc1ccccc1CC(=O)N1CCCn2nc([C@@H](O)CO)cc2C1. The lowest BCUT2D eigenvalue weighted by Gasteiger charge is -2.20. The van der Waals surface area contributed by atoms with Gasteiger partial charge in [-0.05, 0) is 18.6 Å². The highest BCUT2D eigenvalue weighted by Crippen LogP contribution is 2.21. The van der Waals surface area contributed by atoms with E-state index in [-0.39, 0.29) is 18.9 Å². The van der Waals surface area contributed by atoms with E-state index < -0.39 is 6.10 Å². The average molecular weight is 345 g/mol. The van der Waals surface area contributed by atoms with E-state index in [4.69, 9.17) is 9.84 Å². The fourth-order valence-electron chi connectivity index (χ4n) is 3.08. The molecule has 0 radical (unpaired) electrons. The van der Waals surface area contributed by atoms with Crippen LogP contribution in [0.4, 0.5) is 0 Å². The van der Waals surface area contributed by atoms with Crippen molar-refractivity contribution >= 4 is 5.91 Å². The summed E-state index contributed by atoms with van der Waals surface area (Å²) in [5, 5.41) is 23.2. The molecule has 7 heteroatoms. The number of methoxy groups -OCH3 is 1. The lowest BCUT2D eigenvalue weighted by Crippen LogP contribution is -2.32. The first kappa shape index (κ1) is 17.4. The van der Waals surface area contributed by atoms with Gasteiger partial charge in [-0.1, -0.05) is 18.2 Å². The van der Waals surface area contributed by atoms with Gasteiger partial charge in [0.2, 0.25) is 5.91 Å². The molecule has 1 atom stereocenters. The van der Waals surface area contributed by atoms with Gasteiger partial charge in [-0.3, -0.25) is 9.48 Å². The molecule has 0 aliphatic carbocycles. The number of hydrogen-bond donors (Lipinski definition) is 2. The zero-order valence-electron chi connectivity index (χ0n) is 14.3. The van der Waals surface area contributed by atoms with Crippen LogP contribution >= 0.6 is 0 Å². The fraction of sp³-hybridized carbons (Fsp3) is 0.444. The van der Waals surface area contributed by atoms with Gasteiger partial charge in [0.25, 0.3) is 0 Å². The van der Waals surface area contributed by atoms with E-state index in [1.54, 1.807) is 13.2 Å². The van der Waals surface area contributed by atoms with Crippen molar-refractivity contribution in [2.45, 2.75) is 32.0 Å². The molecule has 0 fully saturated rings. The highest BCUT2D eigenvalue weighted by Gasteiger charge is 2.23. The molecule has 1 aliphatic rings. The molecule has 2 heterocycles. The molecule has 2 aromatic rings. The molecule has 0 saturated carbocycles. The maximum Gasteiger partial charge on any atom is 0.227 e. The zero-order chi connectivity index (χ0) is 17.8. The maximum absolute atomic E-state index is 12.7. The predicted octanol–water partition coefficient (Wildman–Crippen LogP) is 0.892. The molecule has 0 unspecified atom stereocenters. The minimum absolute atomic E-state index is 0.0309. The van der Waals surface area contributed by atoms with Crippen LogP contribution in [0.15, 0.2) is 30.3 Å². The van der Waals surface area contributed by atoms with Crippen LogP contribution in [0.25, 0.3) is 0 Å². The number of aliphatic hydroxyl groups is 2. The third kappa shape index (κ3) is 3.83. The van der Waals surface area contributed by atoms with Crippen LogP contribution in [0.2, 0.25) is 0 Å². The maximum atomic E-state index is 12.7. The second-order valence-corrected chi connectivity index (χ2v) is 6.14. The molecule has 1 amide bonds. The molecule has 1 aromatic carbocycles. The highest BCUT2D eigenvalue weighted by molar-refractivity contribution is 5.79. The van der Waals surface area contributed by atoms with Crippen molar-refractivity contribution in [3.63, 3.8) is 0 Å². The summed E-state index contributed by atoms with van der Waals surface area (Å²) in [6, 6.07) is 9.28. The first-order chi connectivity index (χ1) is 12.1. The number of hydrogen-bond acceptors (Lipinski definition) is 5. The van der Waals surface area contributed by atoms with E-state index in [1.807, 2.05) is 33.8 Å². The molecule has 1 aromatic heterocycles. The van der Waals surface area contributed by atoms with Gasteiger partial charge in [-0.2, -0.15) is 5.10 Å². The topological polar surface area (TPSA) is 87.8 Å². The van der Waals surface area contributed by atoms with Crippen LogP contribution in [-0.2, 0) is 24.3 Å². The minimum atomic E-state index is -0.989. The summed E-state index contributed by atoms with van der Waals surface area (Å²) >= 11 is 0. The standard InChI is InChI=1S/C18H23N3O4/c1-25-17-6-3-2-5-13(17)9-18(24)20-7-4-8-21-14(11-20)10-15(19-21)16(23)12-22/h2-3,5-6,10,16,22-23H,4,7-9,11-12H2,1H3/t16-/m0/s1. The number of rotatable bonds is 5. The number of para-hydroxylation sites is 1. The molecule has 0 saturated heterocycles. The van der Waals surface area contributed by atoms with E-state index >= 15 is 0 Å². The Morgan fingerprint density at radius 2 is 2.16 bits per heavy atom. The van der Waals surface area contributed by atoms with Crippen molar-refractivity contribution in [1.29, 1.82) is 0 Å². The van der Waals surface area contributed by atoms with E-state index in [0.29, 0.717) is 31.1 Å². The summed E-state index contributed by atoms with van der Waals surface area (Å²) < 4.78 is 7.13. The van der Waals surface area contributed by atoms with E-state index in [2.05, 4.69) is 5.10 Å². The Hall–Kier alpha value is -2.38. The summed E-state index contributed by atoms with van der Waals surface area (Å²) in [6.07, 6.45) is 0.0859. The second kappa shape index (κ2) is 7.67. The molecular weight excluding hydrogens is 322 g/mol. The quantitative estimate of drug-likeness (QED) is 0.840. The van der Waals surface area contributed by atoms with Gasteiger partial charge >= 0.3 is 0 Å². The summed E-state index contributed by atoms with van der Waals surface area (Å²) in [6.45, 7) is 1.42. The molecule has 134 valence electrons. The Balaban J connectivity index is 1.74. The summed E-state index contributed by atoms with van der Waals surface area (Å²) in [7, 11) is 1.60. The van der Waals surface area contributed by atoms with Gasteiger partial charge in [-0.25, -0.2) is 0 Å². The van der Waals surface area contributed by atoms with Crippen LogP contribution in [0.5, 0.6) is 5.75 Å². The van der Waals surface area contributed by atoms with Gasteiger partial charge in [0.05, 0.1) is 38.1 Å². The van der Waals surface area contributed by atoms with Crippen LogP contribution < -0.4 is 4.74 Å². The first-order valence-electron chi connectivity index (χ1n) is 8.37. The van der Waals surface area contributed by atoms with Gasteiger partial charge < -0.3 is 19.8 Å². The Bertz CT molecular complexity index is 744. The van der Waals surface area contributed by atoms with Crippen LogP contribution in [0, 0.1) is 0 Å². The smallest absolute Gasteiger partial charge is 0.227 e. The Kier molecular flexibility index (Phi) is 5.35. The molecule has 3 rings (SSSR count). The third-order valence-electron chi connectivity index (χ3n) is 4.43. The number of carbonyl (C=O) groups excluding carboxylic acids is 1. The largest absolute Gasteiger partial charge is 0.496 e. The van der Waals surface area contributed by atoms with Crippen molar-refractivity contribution < 1.29 is 19.7 Å². The summed E-state index contributed by atoms with van der Waals surface area (Å²) in [4.78, 5) is 14.6. The van der Waals surface area contributed by atoms with Crippen LogP contribution in [0.1, 0.15) is 29.5 Å². The molecular formula is C18H23N3O4. The molecule has 2 N–H and O–H groups in total. The van der Waals surface area contributed by atoms with Gasteiger partial charge in [0.1, 0.15) is 11.9 Å². The molecule has 1 aliphatic heterocycles. The van der Waals surface area contributed by atoms with Crippen molar-refractivity contribution in [2.24, 2.45) is 0 Å². The predicted molar refractivity (Wildman–Crippen MR) is 91.0 cm³/mol. The van der Waals surface area contributed by atoms with E-state index in [0.717, 1.165) is 17.7 Å². The summed E-state index contributed by atoms with van der Waals surface area (Å²) in [5.74, 6) is 0.743. The van der Waals surface area contributed by atoms with E-state index in [1.165, 1.54) is 0 Å². The lowest BCUT2D eigenvalue weighted by atomic mass is 10.1. The van der Waals surface area contributed by atoms with Crippen molar-refractivity contribution in [2.75, 3.05) is 20.3 Å². The van der Waals surface area contributed by atoms with E-state index in [9.17, 15) is 9.90 Å². The number of carbonyl (C=O) groups is 1. The number of benzene rings is 1. The number of aromatic nitrogens is 2. The Morgan fingerprint density at radius 3 is 2.92 bits per heavy atom. The molecule has 25 heavy (non-hydrogen) atoms. The lowest BCUT2D eigenvalue weighted by molar-refractivity contribution is -0.131. The van der Waals surface area contributed by atoms with Crippen molar-refractivity contribution in [1.82, 2.24) is 14.7 Å². The average Bonchev–Trinajstić information content (AvgIpc) is 2.93. The number of amides is 1. The van der Waals surface area contributed by atoms with Crippen LogP contribution in [-0.4, -0.2) is 51.1 Å². The minimum Gasteiger partial charge on any atom is -0.496 e. The third-order valence-corrected chi connectivity index (χ3v) is 4.43. The monoisotopic (exact) mass is 345 g/mol. The van der Waals surface area contributed by atoms with Crippen molar-refractivity contribution in [3.05, 3.63) is 47.3 Å². The number of aryl methyl sites for hydroxylation is 1. The van der Waals surface area contributed by atoms with Gasteiger partial charge in [-0.15, -0.1) is 0 Å². The van der Waals surface area contributed by atoms with Crippen molar-refractivity contribution in [3.8, 4) is 5.75 Å². The summed E-state index contributed by atoms with van der Waals surface area (Å²) in [5.41, 5.74) is 2.18. The Morgan fingerprint density at radius 1 is 1.36 bits per heavy atom. The molecule has 0 spiro atoms. The zero-order valence-corrected chi connectivity index (χ0v) is 14.3. The number of fused-ring (bicyclic) bond motifs is 1.